The zero-order valence-electron chi connectivity index (χ0n) is 26.0. The second-order valence-corrected chi connectivity index (χ2v) is 14.6. The van der Waals surface area contributed by atoms with E-state index in [1.807, 2.05) is 73.7 Å². The van der Waals surface area contributed by atoms with Gasteiger partial charge in [0, 0.05) is 23.5 Å². The number of carbonyl (C=O) groups excluding carboxylic acids is 2. The molecule has 9 heteroatoms. The Bertz CT molecular complexity index is 1710. The topological polar surface area (TPSA) is 86.8 Å². The fraction of sp³-hybridized carbons (Fsp3) is 0.297. The highest BCUT2D eigenvalue weighted by Gasteiger charge is 2.35. The van der Waals surface area contributed by atoms with Crippen molar-refractivity contribution in [3.05, 3.63) is 130 Å². The maximum absolute atomic E-state index is 14.6. The Labute approximate surface area is 280 Å². The van der Waals surface area contributed by atoms with E-state index < -0.39 is 28.5 Å². The molecule has 0 spiro atoms. The molecule has 1 fully saturated rings. The summed E-state index contributed by atoms with van der Waals surface area (Å²) in [7, 11) is -4.12. The monoisotopic (exact) mass is 701 g/mol. The van der Waals surface area contributed by atoms with Gasteiger partial charge in [0.15, 0.2) is 0 Å². The van der Waals surface area contributed by atoms with E-state index in [2.05, 4.69) is 21.2 Å². The number of aryl methyl sites for hydroxylation is 1. The van der Waals surface area contributed by atoms with Crippen LogP contribution in [-0.2, 0) is 32.6 Å². The van der Waals surface area contributed by atoms with Crippen LogP contribution in [0.4, 0.5) is 5.69 Å². The summed E-state index contributed by atoms with van der Waals surface area (Å²) >= 11 is 3.53. The molecule has 7 nitrogen and oxygen atoms in total. The van der Waals surface area contributed by atoms with Crippen molar-refractivity contribution in [3.8, 4) is 0 Å². The summed E-state index contributed by atoms with van der Waals surface area (Å²) in [4.78, 5) is 30.4. The van der Waals surface area contributed by atoms with Crippen LogP contribution >= 0.6 is 15.9 Å². The van der Waals surface area contributed by atoms with Crippen molar-refractivity contribution < 1.29 is 18.0 Å². The lowest BCUT2D eigenvalue weighted by Gasteiger charge is -2.35. The van der Waals surface area contributed by atoms with Crippen LogP contribution in [0.2, 0.25) is 0 Å². The summed E-state index contributed by atoms with van der Waals surface area (Å²) in [5.41, 5.74) is 3.06. The van der Waals surface area contributed by atoms with E-state index >= 15 is 0 Å². The smallest absolute Gasteiger partial charge is 0.264 e. The standard InChI is InChI=1S/C37H40BrN3O4S/c1-28-20-22-33(23-21-28)41(46(44,45)34-18-9-4-10-19-34)27-36(42)40(26-30-14-11-15-31(38)24-30)35(25-29-12-5-2-6-13-29)37(43)39-32-16-7-3-8-17-32/h2,4-6,9-15,18-24,32,35H,3,7-8,16-17,25-27H2,1H3,(H,39,43)/t35-/m1/s1. The first-order valence-electron chi connectivity index (χ1n) is 15.7. The molecule has 1 N–H and O–H groups in total. The predicted octanol–water partition coefficient (Wildman–Crippen LogP) is 7.04. The van der Waals surface area contributed by atoms with Gasteiger partial charge in [-0.05, 0) is 67.3 Å². The third-order valence-electron chi connectivity index (χ3n) is 8.40. The first kappa shape index (κ1) is 33.4. The van der Waals surface area contributed by atoms with Crippen molar-refractivity contribution in [2.45, 2.75) is 69.0 Å². The van der Waals surface area contributed by atoms with Gasteiger partial charge in [-0.15, -0.1) is 0 Å². The van der Waals surface area contributed by atoms with E-state index in [9.17, 15) is 18.0 Å². The molecule has 0 unspecified atom stereocenters. The number of benzene rings is 4. The summed E-state index contributed by atoms with van der Waals surface area (Å²) in [6.45, 7) is 1.57. The Balaban J connectivity index is 1.55. The fourth-order valence-electron chi connectivity index (χ4n) is 5.89. The molecule has 5 rings (SSSR count). The van der Waals surface area contributed by atoms with Gasteiger partial charge in [-0.3, -0.25) is 13.9 Å². The number of hydrogen-bond acceptors (Lipinski definition) is 4. The largest absolute Gasteiger partial charge is 0.352 e. The Morgan fingerprint density at radius 3 is 2.11 bits per heavy atom. The van der Waals surface area contributed by atoms with Crippen molar-refractivity contribution in [1.29, 1.82) is 0 Å². The first-order chi connectivity index (χ1) is 22.2. The van der Waals surface area contributed by atoms with E-state index in [0.717, 1.165) is 57.6 Å². The maximum atomic E-state index is 14.6. The van der Waals surface area contributed by atoms with Crippen LogP contribution in [0, 0.1) is 6.92 Å². The molecule has 0 radical (unpaired) electrons. The second-order valence-electron chi connectivity index (χ2n) is 11.9. The molecule has 1 aliphatic carbocycles. The van der Waals surface area contributed by atoms with Gasteiger partial charge in [-0.1, -0.05) is 114 Å². The molecule has 0 saturated heterocycles. The van der Waals surface area contributed by atoms with Gasteiger partial charge in [0.05, 0.1) is 10.6 Å². The molecule has 1 aliphatic rings. The van der Waals surface area contributed by atoms with Crippen LogP contribution in [0.1, 0.15) is 48.8 Å². The van der Waals surface area contributed by atoms with Crippen LogP contribution in [0.15, 0.2) is 119 Å². The van der Waals surface area contributed by atoms with Gasteiger partial charge in [0.2, 0.25) is 11.8 Å². The molecule has 46 heavy (non-hydrogen) atoms. The van der Waals surface area contributed by atoms with Gasteiger partial charge >= 0.3 is 0 Å². The lowest BCUT2D eigenvalue weighted by molar-refractivity contribution is -0.140. The normalized spacial score (nSPS) is 14.3. The van der Waals surface area contributed by atoms with E-state index in [-0.39, 0.29) is 29.8 Å². The van der Waals surface area contributed by atoms with Crippen LogP contribution in [-0.4, -0.2) is 43.8 Å². The number of nitrogens with one attached hydrogen (secondary N) is 1. The SMILES string of the molecule is Cc1ccc(N(CC(=O)N(Cc2cccc(Br)c2)[C@H](Cc2ccccc2)C(=O)NC2CCCCC2)S(=O)(=O)c2ccccc2)cc1. The lowest BCUT2D eigenvalue weighted by Crippen LogP contribution is -2.55. The van der Waals surface area contributed by atoms with Gasteiger partial charge in [0.25, 0.3) is 10.0 Å². The Kier molecular flexibility index (Phi) is 11.3. The van der Waals surface area contributed by atoms with Crippen LogP contribution in [0.25, 0.3) is 0 Å². The van der Waals surface area contributed by atoms with Gasteiger partial charge in [0.1, 0.15) is 12.6 Å². The van der Waals surface area contributed by atoms with E-state index in [1.54, 1.807) is 35.2 Å². The van der Waals surface area contributed by atoms with Crippen LogP contribution < -0.4 is 9.62 Å². The summed E-state index contributed by atoms with van der Waals surface area (Å²) in [6.07, 6.45) is 5.35. The van der Waals surface area contributed by atoms with Gasteiger partial charge < -0.3 is 10.2 Å². The minimum atomic E-state index is -4.12. The number of anilines is 1. The number of halogens is 1. The molecule has 240 valence electrons. The van der Waals surface area contributed by atoms with Crippen molar-refractivity contribution in [2.24, 2.45) is 0 Å². The number of amides is 2. The average Bonchev–Trinajstić information content (AvgIpc) is 3.07. The van der Waals surface area contributed by atoms with E-state index in [4.69, 9.17) is 0 Å². The minimum Gasteiger partial charge on any atom is -0.352 e. The molecule has 0 aliphatic heterocycles. The average molecular weight is 703 g/mol. The lowest BCUT2D eigenvalue weighted by atomic mass is 9.94. The van der Waals surface area contributed by atoms with Crippen molar-refractivity contribution in [1.82, 2.24) is 10.2 Å². The number of nitrogens with zero attached hydrogens (tertiary/aromatic N) is 2. The minimum absolute atomic E-state index is 0.0462. The molecule has 2 amide bonds. The highest BCUT2D eigenvalue weighted by Crippen LogP contribution is 2.26. The number of sulfonamides is 1. The van der Waals surface area contributed by atoms with Gasteiger partial charge in [-0.25, -0.2) is 8.42 Å². The molecule has 0 heterocycles. The Morgan fingerprint density at radius 1 is 0.826 bits per heavy atom. The predicted molar refractivity (Wildman–Crippen MR) is 186 cm³/mol. The summed E-state index contributed by atoms with van der Waals surface area (Å²) < 4.78 is 30.2. The molecule has 1 atom stereocenters. The highest BCUT2D eigenvalue weighted by molar-refractivity contribution is 9.10. The number of hydrogen-bond donors (Lipinski definition) is 1. The molecular weight excluding hydrogens is 662 g/mol. The Morgan fingerprint density at radius 2 is 1.46 bits per heavy atom. The molecule has 4 aromatic rings. The molecule has 0 aromatic heterocycles. The van der Waals surface area contributed by atoms with Crippen molar-refractivity contribution in [2.75, 3.05) is 10.8 Å². The summed E-state index contributed by atoms with van der Waals surface area (Å²) in [5.74, 6) is -0.702. The third kappa shape index (κ3) is 8.65. The van der Waals surface area contributed by atoms with Crippen molar-refractivity contribution in [3.63, 3.8) is 0 Å². The Hall–Kier alpha value is -3.95. The van der Waals surface area contributed by atoms with Crippen molar-refractivity contribution >= 4 is 43.5 Å². The first-order valence-corrected chi connectivity index (χ1v) is 18.0. The van der Waals surface area contributed by atoms with E-state index in [1.165, 1.54) is 12.1 Å². The highest BCUT2D eigenvalue weighted by atomic mass is 79.9. The number of rotatable bonds is 12. The molecule has 4 aromatic carbocycles. The second kappa shape index (κ2) is 15.6. The van der Waals surface area contributed by atoms with E-state index in [0.29, 0.717) is 5.69 Å². The third-order valence-corrected chi connectivity index (χ3v) is 10.7. The fourth-order valence-corrected chi connectivity index (χ4v) is 7.77. The van der Waals surface area contributed by atoms with Crippen LogP contribution in [0.3, 0.4) is 0 Å². The van der Waals surface area contributed by atoms with Gasteiger partial charge in [-0.2, -0.15) is 0 Å². The zero-order chi connectivity index (χ0) is 32.5. The molecule has 1 saturated carbocycles. The molecular formula is C37H40BrN3O4S. The summed E-state index contributed by atoms with van der Waals surface area (Å²) in [6, 6.07) is 31.6. The number of carbonyl (C=O) groups is 2. The zero-order valence-corrected chi connectivity index (χ0v) is 28.4. The van der Waals surface area contributed by atoms with Crippen LogP contribution in [0.5, 0.6) is 0 Å². The molecule has 0 bridgehead atoms. The maximum Gasteiger partial charge on any atom is 0.264 e. The quantitative estimate of drug-likeness (QED) is 0.172. The summed E-state index contributed by atoms with van der Waals surface area (Å²) in [5, 5.41) is 3.25.